The van der Waals surface area contributed by atoms with E-state index in [1.165, 1.54) is 0 Å². The maximum absolute atomic E-state index is 12.7. The number of rotatable bonds is 2. The minimum absolute atomic E-state index is 0.331. The topological polar surface area (TPSA) is 82.4 Å². The lowest BCUT2D eigenvalue weighted by atomic mass is 10.2. The summed E-state index contributed by atoms with van der Waals surface area (Å²) in [5.41, 5.74) is 7.08. The van der Waals surface area contributed by atoms with Gasteiger partial charge in [0.1, 0.15) is 4.90 Å². The summed E-state index contributed by atoms with van der Waals surface area (Å²) in [5, 5.41) is 0.693. The molecule has 0 atom stereocenters. The number of nitrogens with two attached hydrogens (primary N) is 1. The zero-order valence-corrected chi connectivity index (χ0v) is 12.2. The predicted molar refractivity (Wildman–Crippen MR) is 79.0 cm³/mol. The van der Waals surface area contributed by atoms with Gasteiger partial charge in [0.2, 0.25) is 10.0 Å². The van der Waals surface area contributed by atoms with Crippen molar-refractivity contribution in [2.75, 3.05) is 39.0 Å². The summed E-state index contributed by atoms with van der Waals surface area (Å²) in [5.74, 6) is 0. The minimum atomic E-state index is -3.45. The largest absolute Gasteiger partial charge is 0.399 e. The molecule has 0 aliphatic carbocycles. The van der Waals surface area contributed by atoms with Gasteiger partial charge in [-0.1, -0.05) is 0 Å². The van der Waals surface area contributed by atoms with E-state index in [1.54, 1.807) is 28.7 Å². The molecule has 1 aromatic heterocycles. The molecular weight excluding hydrogens is 276 g/mol. The van der Waals surface area contributed by atoms with Crippen molar-refractivity contribution in [1.82, 2.24) is 14.2 Å². The summed E-state index contributed by atoms with van der Waals surface area (Å²) in [6, 6.07) is 5.22. The molecule has 6 nitrogen and oxygen atoms in total. The molecule has 20 heavy (non-hydrogen) atoms. The van der Waals surface area contributed by atoms with Crippen LogP contribution in [0.1, 0.15) is 0 Å². The molecule has 2 heterocycles. The molecule has 0 radical (unpaired) electrons. The molecule has 0 bridgehead atoms. The summed E-state index contributed by atoms with van der Waals surface area (Å²) in [6.45, 7) is 2.57. The number of hydrogen-bond acceptors (Lipinski definition) is 4. The van der Waals surface area contributed by atoms with Crippen LogP contribution in [0, 0.1) is 0 Å². The van der Waals surface area contributed by atoms with Crippen LogP contribution >= 0.6 is 0 Å². The highest BCUT2D eigenvalue weighted by atomic mass is 32.2. The van der Waals surface area contributed by atoms with E-state index in [0.29, 0.717) is 29.1 Å². The second-order valence-corrected chi connectivity index (χ2v) is 7.07. The number of nitrogens with zero attached hydrogens (tertiary/aromatic N) is 2. The third-order valence-corrected chi connectivity index (χ3v) is 5.69. The summed E-state index contributed by atoms with van der Waals surface area (Å²) >= 11 is 0. The van der Waals surface area contributed by atoms with Crippen LogP contribution in [0.2, 0.25) is 0 Å². The van der Waals surface area contributed by atoms with Crippen LogP contribution in [0.5, 0.6) is 0 Å². The highest BCUT2D eigenvalue weighted by Crippen LogP contribution is 2.27. The fourth-order valence-corrected chi connectivity index (χ4v) is 4.08. The van der Waals surface area contributed by atoms with Crippen molar-refractivity contribution in [3.8, 4) is 0 Å². The first kappa shape index (κ1) is 13.4. The van der Waals surface area contributed by atoms with Crippen molar-refractivity contribution >= 4 is 26.6 Å². The molecule has 0 amide bonds. The summed E-state index contributed by atoms with van der Waals surface area (Å²) in [6.07, 6.45) is 1.55. The minimum Gasteiger partial charge on any atom is -0.399 e. The molecule has 1 saturated heterocycles. The van der Waals surface area contributed by atoms with Gasteiger partial charge >= 0.3 is 0 Å². The maximum atomic E-state index is 12.7. The van der Waals surface area contributed by atoms with Crippen LogP contribution in [0.15, 0.2) is 29.3 Å². The molecule has 3 rings (SSSR count). The Balaban J connectivity index is 2.01. The Bertz CT molecular complexity index is 730. The first-order valence-electron chi connectivity index (χ1n) is 6.54. The molecule has 108 valence electrons. The lowest BCUT2D eigenvalue weighted by Gasteiger charge is -2.31. The Kier molecular flexibility index (Phi) is 3.19. The number of sulfonamides is 1. The van der Waals surface area contributed by atoms with Gasteiger partial charge in [-0.3, -0.25) is 0 Å². The van der Waals surface area contributed by atoms with E-state index in [1.807, 2.05) is 7.05 Å². The third kappa shape index (κ3) is 2.17. The second kappa shape index (κ2) is 4.76. The lowest BCUT2D eigenvalue weighted by molar-refractivity contribution is 0.222. The van der Waals surface area contributed by atoms with E-state index >= 15 is 0 Å². The molecule has 1 aliphatic rings. The van der Waals surface area contributed by atoms with Crippen LogP contribution in [-0.4, -0.2) is 55.8 Å². The van der Waals surface area contributed by atoms with Crippen molar-refractivity contribution in [2.24, 2.45) is 0 Å². The molecule has 1 fully saturated rings. The number of H-pyrrole nitrogens is 1. The van der Waals surface area contributed by atoms with E-state index in [4.69, 9.17) is 5.73 Å². The second-order valence-electron chi connectivity index (χ2n) is 5.17. The standard InChI is InChI=1S/C13H18N4O2S/c1-16-4-6-17(7-5-16)20(18,19)13-9-15-12-8-10(14)2-3-11(12)13/h2-3,8-9,15H,4-7,14H2,1H3. The van der Waals surface area contributed by atoms with Gasteiger partial charge in [0.05, 0.1) is 0 Å². The highest BCUT2D eigenvalue weighted by Gasteiger charge is 2.29. The maximum Gasteiger partial charge on any atom is 0.245 e. The molecule has 0 unspecified atom stereocenters. The summed E-state index contributed by atoms with van der Waals surface area (Å²) in [7, 11) is -1.45. The number of fused-ring (bicyclic) bond motifs is 1. The zero-order chi connectivity index (χ0) is 14.3. The van der Waals surface area contributed by atoms with E-state index in [0.717, 1.165) is 18.6 Å². The Morgan fingerprint density at radius 3 is 2.60 bits per heavy atom. The average Bonchev–Trinajstić information content (AvgIpc) is 2.82. The van der Waals surface area contributed by atoms with Crippen molar-refractivity contribution < 1.29 is 8.42 Å². The molecule has 2 aromatic rings. The van der Waals surface area contributed by atoms with Gasteiger partial charge in [0.25, 0.3) is 0 Å². The van der Waals surface area contributed by atoms with Crippen LogP contribution in [0.25, 0.3) is 10.9 Å². The van der Waals surface area contributed by atoms with Gasteiger partial charge in [-0.2, -0.15) is 4.31 Å². The fraction of sp³-hybridized carbons (Fsp3) is 0.385. The number of aromatic amines is 1. The highest BCUT2D eigenvalue weighted by molar-refractivity contribution is 7.89. The number of likely N-dealkylation sites (N-methyl/N-ethyl adjacent to an activating group) is 1. The summed E-state index contributed by atoms with van der Waals surface area (Å²) in [4.78, 5) is 5.44. The van der Waals surface area contributed by atoms with Gasteiger partial charge in [-0.15, -0.1) is 0 Å². The first-order valence-corrected chi connectivity index (χ1v) is 7.98. The number of hydrogen-bond donors (Lipinski definition) is 2. The van der Waals surface area contributed by atoms with Crippen molar-refractivity contribution in [1.29, 1.82) is 0 Å². The fourth-order valence-electron chi connectivity index (χ4n) is 2.50. The Hall–Kier alpha value is -1.57. The number of benzene rings is 1. The Morgan fingerprint density at radius 2 is 1.90 bits per heavy atom. The van der Waals surface area contributed by atoms with Gasteiger partial charge < -0.3 is 15.6 Å². The molecular formula is C13H18N4O2S. The monoisotopic (exact) mass is 294 g/mol. The Morgan fingerprint density at radius 1 is 1.20 bits per heavy atom. The zero-order valence-electron chi connectivity index (χ0n) is 11.3. The van der Waals surface area contributed by atoms with Crippen molar-refractivity contribution in [2.45, 2.75) is 4.90 Å². The van der Waals surface area contributed by atoms with Gasteiger partial charge in [0, 0.05) is 49.0 Å². The lowest BCUT2D eigenvalue weighted by Crippen LogP contribution is -2.46. The SMILES string of the molecule is CN1CCN(S(=O)(=O)c2c[nH]c3cc(N)ccc23)CC1. The first-order chi connectivity index (χ1) is 9.48. The average molecular weight is 294 g/mol. The van der Waals surface area contributed by atoms with Gasteiger partial charge in [-0.25, -0.2) is 8.42 Å². The molecule has 3 N–H and O–H groups in total. The smallest absolute Gasteiger partial charge is 0.245 e. The Labute approximate surface area is 118 Å². The van der Waals surface area contributed by atoms with Crippen molar-refractivity contribution in [3.63, 3.8) is 0 Å². The normalized spacial score (nSPS) is 18.6. The van der Waals surface area contributed by atoms with Crippen LogP contribution in [-0.2, 0) is 10.0 Å². The molecule has 0 spiro atoms. The molecule has 0 saturated carbocycles. The number of anilines is 1. The summed E-state index contributed by atoms with van der Waals surface area (Å²) < 4.78 is 27.0. The quantitative estimate of drug-likeness (QED) is 0.798. The van der Waals surface area contributed by atoms with Crippen LogP contribution < -0.4 is 5.73 Å². The van der Waals surface area contributed by atoms with E-state index < -0.39 is 10.0 Å². The number of aromatic nitrogens is 1. The van der Waals surface area contributed by atoms with E-state index in [2.05, 4.69) is 9.88 Å². The predicted octanol–water partition coefficient (Wildman–Crippen LogP) is 0.686. The van der Waals surface area contributed by atoms with E-state index in [9.17, 15) is 8.42 Å². The third-order valence-electron chi connectivity index (χ3n) is 3.75. The van der Waals surface area contributed by atoms with Gasteiger partial charge in [-0.05, 0) is 25.2 Å². The number of nitrogens with one attached hydrogen (secondary N) is 1. The number of piperazine rings is 1. The van der Waals surface area contributed by atoms with Crippen LogP contribution in [0.3, 0.4) is 0 Å². The number of nitrogen functional groups attached to an aromatic ring is 1. The molecule has 1 aromatic carbocycles. The molecule has 7 heteroatoms. The van der Waals surface area contributed by atoms with Crippen LogP contribution in [0.4, 0.5) is 5.69 Å². The molecule has 1 aliphatic heterocycles. The van der Waals surface area contributed by atoms with Gasteiger partial charge in [0.15, 0.2) is 0 Å². The van der Waals surface area contributed by atoms with E-state index in [-0.39, 0.29) is 0 Å². The van der Waals surface area contributed by atoms with Crippen molar-refractivity contribution in [3.05, 3.63) is 24.4 Å².